The molecule has 0 amide bonds. The Kier molecular flexibility index (Phi) is 7.40. The van der Waals surface area contributed by atoms with Crippen LogP contribution in [-0.4, -0.2) is 63.7 Å². The number of aromatic nitrogens is 1. The average molecular weight is 463 g/mol. The monoisotopic (exact) mass is 462 g/mol. The van der Waals surface area contributed by atoms with Crippen LogP contribution in [0.3, 0.4) is 0 Å². The van der Waals surface area contributed by atoms with E-state index in [4.69, 9.17) is 4.74 Å². The van der Waals surface area contributed by atoms with Crippen LogP contribution in [0.1, 0.15) is 31.2 Å². The van der Waals surface area contributed by atoms with Crippen molar-refractivity contribution >= 4 is 15.7 Å². The van der Waals surface area contributed by atoms with Gasteiger partial charge in [-0.3, -0.25) is 4.90 Å². The number of benzene rings is 1. The van der Waals surface area contributed by atoms with Crippen LogP contribution >= 0.6 is 0 Å². The summed E-state index contributed by atoms with van der Waals surface area (Å²) in [7, 11) is -1.58. The van der Waals surface area contributed by atoms with Crippen LogP contribution in [0.15, 0.2) is 47.6 Å². The van der Waals surface area contributed by atoms with Gasteiger partial charge in [-0.2, -0.15) is 0 Å². The van der Waals surface area contributed by atoms with E-state index >= 15 is 0 Å². The van der Waals surface area contributed by atoms with Gasteiger partial charge >= 0.3 is 0 Å². The Labute approximate surface area is 189 Å². The number of rotatable bonds is 7. The quantitative estimate of drug-likeness (QED) is 0.682. The fraction of sp³-hybridized carbons (Fsp3) is 0.522. The highest BCUT2D eigenvalue weighted by Gasteiger charge is 2.28. The Morgan fingerprint density at radius 2 is 1.78 bits per heavy atom. The fourth-order valence-corrected chi connectivity index (χ4v) is 5.70. The topological polar surface area (TPSA) is 74.8 Å². The highest BCUT2D eigenvalue weighted by Crippen LogP contribution is 2.25. The largest absolute Gasteiger partial charge is 0.378 e. The lowest BCUT2D eigenvalue weighted by molar-refractivity contribution is 0.122. The number of halogens is 1. The summed E-state index contributed by atoms with van der Waals surface area (Å²) in [5.74, 6) is -0.227. The maximum atomic E-state index is 13.1. The molecule has 1 saturated carbocycles. The smallest absolute Gasteiger partial charge is 0.258 e. The first-order valence-electron chi connectivity index (χ1n) is 11.2. The van der Waals surface area contributed by atoms with Gasteiger partial charge in [0.2, 0.25) is 0 Å². The molecular weight excluding hydrogens is 431 g/mol. The molecule has 0 spiro atoms. The molecule has 1 aromatic carbocycles. The molecule has 2 fully saturated rings. The van der Waals surface area contributed by atoms with Gasteiger partial charge < -0.3 is 9.64 Å². The van der Waals surface area contributed by atoms with E-state index in [1.807, 2.05) is 18.2 Å². The van der Waals surface area contributed by atoms with Crippen molar-refractivity contribution in [2.75, 3.05) is 38.3 Å². The molecule has 9 heteroatoms. The molecule has 32 heavy (non-hydrogen) atoms. The molecule has 0 radical (unpaired) electrons. The minimum Gasteiger partial charge on any atom is -0.378 e. The minimum atomic E-state index is -3.65. The SMILES string of the molecule is CN(Cc1ccc(F)cc1)[C@H]1CC[C@H](NS(=O)(=O)c2ccc(N3CCOCC3)cn2)CC1. The second-order valence-corrected chi connectivity index (χ2v) is 10.3. The van der Waals surface area contributed by atoms with E-state index in [9.17, 15) is 12.8 Å². The molecule has 2 aliphatic rings. The van der Waals surface area contributed by atoms with Gasteiger partial charge in [0.25, 0.3) is 10.0 Å². The lowest BCUT2D eigenvalue weighted by Gasteiger charge is -2.34. The zero-order valence-electron chi connectivity index (χ0n) is 18.4. The summed E-state index contributed by atoms with van der Waals surface area (Å²) in [6.07, 6.45) is 5.01. The van der Waals surface area contributed by atoms with Crippen LogP contribution in [0.5, 0.6) is 0 Å². The van der Waals surface area contributed by atoms with Gasteiger partial charge in [0, 0.05) is 31.7 Å². The van der Waals surface area contributed by atoms with Crippen molar-refractivity contribution in [1.82, 2.24) is 14.6 Å². The third-order valence-electron chi connectivity index (χ3n) is 6.36. The number of ether oxygens (including phenoxy) is 1. The first-order chi connectivity index (χ1) is 15.4. The molecule has 1 aliphatic carbocycles. The van der Waals surface area contributed by atoms with Gasteiger partial charge in [-0.15, -0.1) is 0 Å². The lowest BCUT2D eigenvalue weighted by Crippen LogP contribution is -2.42. The minimum absolute atomic E-state index is 0.0602. The Hall–Kier alpha value is -2.07. The van der Waals surface area contributed by atoms with Crippen LogP contribution in [0.4, 0.5) is 10.1 Å². The highest BCUT2D eigenvalue weighted by molar-refractivity contribution is 7.89. The first kappa shape index (κ1) is 23.1. The van der Waals surface area contributed by atoms with Crippen molar-refractivity contribution in [2.45, 2.75) is 49.3 Å². The van der Waals surface area contributed by atoms with Crippen LogP contribution < -0.4 is 9.62 Å². The molecule has 2 heterocycles. The number of pyridine rings is 1. The molecule has 1 N–H and O–H groups in total. The van der Waals surface area contributed by atoms with E-state index in [0.29, 0.717) is 19.3 Å². The summed E-state index contributed by atoms with van der Waals surface area (Å²) < 4.78 is 46.9. The van der Waals surface area contributed by atoms with E-state index in [-0.39, 0.29) is 16.9 Å². The van der Waals surface area contributed by atoms with E-state index in [2.05, 4.69) is 26.6 Å². The van der Waals surface area contributed by atoms with Crippen molar-refractivity contribution in [3.63, 3.8) is 0 Å². The third kappa shape index (κ3) is 5.83. The standard InChI is InChI=1S/C23H31FN4O3S/c1-27(17-18-2-4-19(24)5-3-18)21-8-6-20(7-9-21)26-32(29,30)23-11-10-22(16-25-23)28-12-14-31-15-13-28/h2-5,10-11,16,20-21,26H,6-9,12-15,17H2,1H3/t20-,21-. The van der Waals surface area contributed by atoms with Crippen LogP contribution in [0, 0.1) is 5.82 Å². The summed E-state index contributed by atoms with van der Waals surface area (Å²) >= 11 is 0. The van der Waals surface area contributed by atoms with Crippen LogP contribution in [0.25, 0.3) is 0 Å². The molecule has 0 unspecified atom stereocenters. The van der Waals surface area contributed by atoms with Gasteiger partial charge in [-0.25, -0.2) is 22.5 Å². The zero-order chi connectivity index (χ0) is 22.6. The summed E-state index contributed by atoms with van der Waals surface area (Å²) in [5, 5.41) is 0.0602. The first-order valence-corrected chi connectivity index (χ1v) is 12.6. The summed E-state index contributed by atoms with van der Waals surface area (Å²) in [5.41, 5.74) is 1.99. The maximum Gasteiger partial charge on any atom is 0.258 e. The molecule has 1 aromatic heterocycles. The van der Waals surface area contributed by atoms with E-state index in [1.165, 1.54) is 12.1 Å². The Morgan fingerprint density at radius 3 is 2.41 bits per heavy atom. The van der Waals surface area contributed by atoms with Crippen molar-refractivity contribution in [2.24, 2.45) is 0 Å². The normalized spacial score (nSPS) is 22.3. The molecule has 4 rings (SSSR count). The zero-order valence-corrected chi connectivity index (χ0v) is 19.2. The van der Waals surface area contributed by atoms with Gasteiger partial charge in [-0.1, -0.05) is 12.1 Å². The number of nitrogens with zero attached hydrogens (tertiary/aromatic N) is 3. The van der Waals surface area contributed by atoms with Gasteiger partial charge in [-0.05, 0) is 62.6 Å². The summed E-state index contributed by atoms with van der Waals surface area (Å²) in [6.45, 7) is 3.66. The van der Waals surface area contributed by atoms with Gasteiger partial charge in [0.05, 0.1) is 25.1 Å². The molecule has 2 aromatic rings. The summed E-state index contributed by atoms with van der Waals surface area (Å²) in [6, 6.07) is 10.3. The number of hydrogen-bond donors (Lipinski definition) is 1. The average Bonchev–Trinajstić information content (AvgIpc) is 2.81. The van der Waals surface area contributed by atoms with E-state index in [0.717, 1.165) is 56.6 Å². The number of sulfonamides is 1. The Morgan fingerprint density at radius 1 is 1.09 bits per heavy atom. The number of hydrogen-bond acceptors (Lipinski definition) is 6. The van der Waals surface area contributed by atoms with Crippen molar-refractivity contribution in [3.05, 3.63) is 54.0 Å². The Balaban J connectivity index is 1.28. The van der Waals surface area contributed by atoms with Crippen molar-refractivity contribution < 1.29 is 17.5 Å². The van der Waals surface area contributed by atoms with Crippen LogP contribution in [0.2, 0.25) is 0 Å². The van der Waals surface area contributed by atoms with Crippen molar-refractivity contribution in [3.8, 4) is 0 Å². The molecule has 0 atom stereocenters. The van der Waals surface area contributed by atoms with E-state index < -0.39 is 10.0 Å². The van der Waals surface area contributed by atoms with E-state index in [1.54, 1.807) is 12.3 Å². The maximum absolute atomic E-state index is 13.1. The molecule has 1 aliphatic heterocycles. The summed E-state index contributed by atoms with van der Waals surface area (Å²) in [4.78, 5) is 8.63. The van der Waals surface area contributed by atoms with Gasteiger partial charge in [0.1, 0.15) is 5.82 Å². The highest BCUT2D eigenvalue weighted by atomic mass is 32.2. The molecule has 174 valence electrons. The molecular formula is C23H31FN4O3S. The third-order valence-corrected chi connectivity index (χ3v) is 7.80. The number of nitrogens with one attached hydrogen (secondary N) is 1. The molecule has 7 nitrogen and oxygen atoms in total. The lowest BCUT2D eigenvalue weighted by atomic mass is 9.91. The second kappa shape index (κ2) is 10.2. The predicted molar refractivity (Wildman–Crippen MR) is 122 cm³/mol. The Bertz CT molecular complexity index is 971. The molecule has 0 bridgehead atoms. The van der Waals surface area contributed by atoms with Crippen LogP contribution in [-0.2, 0) is 21.3 Å². The number of anilines is 1. The predicted octanol–water partition coefficient (Wildman–Crippen LogP) is 2.78. The van der Waals surface area contributed by atoms with Crippen molar-refractivity contribution in [1.29, 1.82) is 0 Å². The van der Waals surface area contributed by atoms with Gasteiger partial charge in [0.15, 0.2) is 5.03 Å². The fourth-order valence-electron chi connectivity index (χ4n) is 4.46. The second-order valence-electron chi connectivity index (χ2n) is 8.62. The molecule has 1 saturated heterocycles. The number of morpholine rings is 1.